The molecule has 134 valence electrons. The maximum Gasteiger partial charge on any atom is 0.309 e. The Morgan fingerprint density at radius 2 is 1.88 bits per heavy atom. The minimum Gasteiger partial charge on any atom is -0.460 e. The predicted octanol–water partition coefficient (Wildman–Crippen LogP) is 3.48. The zero-order valence-corrected chi connectivity index (χ0v) is 15.7. The van der Waals surface area contributed by atoms with E-state index in [1.807, 2.05) is 0 Å². The summed E-state index contributed by atoms with van der Waals surface area (Å²) in [5, 5.41) is 13.2. The average molecular weight is 357 g/mol. The van der Waals surface area contributed by atoms with Gasteiger partial charge in [0, 0.05) is 11.0 Å². The molecular weight excluding hydrogens is 332 g/mol. The molecule has 0 fully saturated rings. The molecule has 0 radical (unpaired) electrons. The second-order valence-corrected chi connectivity index (χ2v) is 7.99. The molecule has 0 saturated heterocycles. The normalized spacial score (nSPS) is 13.3. The molecule has 1 heterocycles. The van der Waals surface area contributed by atoms with Gasteiger partial charge in [0.25, 0.3) is 0 Å². The third kappa shape index (κ3) is 6.45. The summed E-state index contributed by atoms with van der Waals surface area (Å²) < 4.78 is 5.20. The van der Waals surface area contributed by atoms with Gasteiger partial charge in [0.15, 0.2) is 0 Å². The quantitative estimate of drug-likeness (QED) is 0.636. The maximum absolute atomic E-state index is 12.2. The molecule has 24 heavy (non-hydrogen) atoms. The number of halogens is 1. The Balaban J connectivity index is 2.99. The molecule has 6 nitrogen and oxygen atoms in total. The smallest absolute Gasteiger partial charge is 0.309 e. The van der Waals surface area contributed by atoms with E-state index in [0.29, 0.717) is 11.3 Å². The molecule has 1 aromatic heterocycles. The van der Waals surface area contributed by atoms with Crippen molar-refractivity contribution in [3.05, 3.63) is 23.0 Å². The molecule has 0 aliphatic carbocycles. The molecule has 1 amide bonds. The number of carbonyl (C=O) groups excluding carboxylic acids is 2. The van der Waals surface area contributed by atoms with Gasteiger partial charge in [-0.1, -0.05) is 32.4 Å². The molecule has 1 rings (SSSR count). The van der Waals surface area contributed by atoms with E-state index in [9.17, 15) is 14.7 Å². The molecule has 1 unspecified atom stereocenters. The summed E-state index contributed by atoms with van der Waals surface area (Å²) in [5.74, 6) is -0.784. The van der Waals surface area contributed by atoms with Gasteiger partial charge in [-0.25, -0.2) is 4.98 Å². The third-order valence-corrected chi connectivity index (χ3v) is 3.18. The number of pyridine rings is 1. The number of nitrogens with one attached hydrogen (secondary N) is 1. The van der Waals surface area contributed by atoms with Crippen molar-refractivity contribution in [2.45, 2.75) is 59.7 Å². The third-order valence-electron chi connectivity index (χ3n) is 2.97. The van der Waals surface area contributed by atoms with Gasteiger partial charge in [-0.05, 0) is 26.8 Å². The molecule has 0 aliphatic heterocycles. The number of anilines is 1. The summed E-state index contributed by atoms with van der Waals surface area (Å²) in [5.41, 5.74) is -0.628. The van der Waals surface area contributed by atoms with Gasteiger partial charge in [0.05, 0.1) is 24.4 Å². The Labute approximate surface area is 147 Å². The van der Waals surface area contributed by atoms with Crippen molar-refractivity contribution in [2.75, 3.05) is 5.32 Å². The molecule has 1 aromatic rings. The zero-order valence-electron chi connectivity index (χ0n) is 14.9. The summed E-state index contributed by atoms with van der Waals surface area (Å²) in [6.45, 7) is 10.5. The minimum absolute atomic E-state index is 0.155. The second-order valence-electron chi connectivity index (χ2n) is 7.60. The molecule has 0 aliphatic rings. The average Bonchev–Trinajstić information content (AvgIpc) is 2.37. The number of nitrogens with zero attached hydrogens (tertiary/aromatic N) is 1. The van der Waals surface area contributed by atoms with E-state index in [2.05, 4.69) is 10.3 Å². The molecule has 2 N–H and O–H groups in total. The number of hydrogen-bond donors (Lipinski definition) is 2. The lowest BCUT2D eigenvalue weighted by atomic mass is 9.95. The van der Waals surface area contributed by atoms with Crippen LogP contribution in [0, 0.1) is 5.41 Å². The zero-order chi connectivity index (χ0) is 18.7. The van der Waals surface area contributed by atoms with Gasteiger partial charge in [-0.15, -0.1) is 0 Å². The molecule has 0 spiro atoms. The van der Waals surface area contributed by atoms with Gasteiger partial charge in [0.2, 0.25) is 5.91 Å². The Morgan fingerprint density at radius 3 is 2.38 bits per heavy atom. The maximum atomic E-state index is 12.2. The number of aliphatic hydroxyl groups excluding tert-OH is 1. The van der Waals surface area contributed by atoms with Crippen LogP contribution in [0.25, 0.3) is 0 Å². The van der Waals surface area contributed by atoms with Crippen molar-refractivity contribution in [1.29, 1.82) is 0 Å². The van der Waals surface area contributed by atoms with E-state index in [4.69, 9.17) is 16.3 Å². The van der Waals surface area contributed by atoms with Gasteiger partial charge in [0.1, 0.15) is 10.8 Å². The fourth-order valence-corrected chi connectivity index (χ4v) is 1.95. The molecule has 0 aromatic carbocycles. The SMILES string of the molecule is CC(C)(C)OC(=O)CC(O)c1cc(Cl)ncc1NC(=O)C(C)(C)C. The number of carbonyl (C=O) groups is 2. The van der Waals surface area contributed by atoms with Crippen LogP contribution in [0.4, 0.5) is 5.69 Å². The molecule has 0 bridgehead atoms. The van der Waals surface area contributed by atoms with Gasteiger partial charge < -0.3 is 15.2 Å². The highest BCUT2D eigenvalue weighted by Crippen LogP contribution is 2.29. The van der Waals surface area contributed by atoms with E-state index >= 15 is 0 Å². The minimum atomic E-state index is -1.17. The largest absolute Gasteiger partial charge is 0.460 e. The summed E-state index contributed by atoms with van der Waals surface area (Å²) in [7, 11) is 0. The van der Waals surface area contributed by atoms with Crippen LogP contribution < -0.4 is 5.32 Å². The van der Waals surface area contributed by atoms with Gasteiger partial charge in [-0.2, -0.15) is 0 Å². The Morgan fingerprint density at radius 1 is 1.29 bits per heavy atom. The van der Waals surface area contributed by atoms with E-state index in [1.54, 1.807) is 41.5 Å². The van der Waals surface area contributed by atoms with Crippen molar-refractivity contribution >= 4 is 29.2 Å². The van der Waals surface area contributed by atoms with Crippen LogP contribution in [-0.2, 0) is 14.3 Å². The fraction of sp³-hybridized carbons (Fsp3) is 0.588. The molecular formula is C17H25ClN2O4. The number of ether oxygens (including phenoxy) is 1. The lowest BCUT2D eigenvalue weighted by Gasteiger charge is -2.23. The summed E-state index contributed by atoms with van der Waals surface area (Å²) in [6.07, 6.45) is -0.0640. The van der Waals surface area contributed by atoms with Crippen LogP contribution in [0.2, 0.25) is 5.15 Å². The molecule has 1 atom stereocenters. The van der Waals surface area contributed by atoms with Crippen LogP contribution >= 0.6 is 11.6 Å². The van der Waals surface area contributed by atoms with E-state index in [-0.39, 0.29) is 17.5 Å². The Kier molecular flexibility index (Phi) is 6.36. The number of amides is 1. The first-order valence-electron chi connectivity index (χ1n) is 7.66. The lowest BCUT2D eigenvalue weighted by Crippen LogP contribution is -2.28. The highest BCUT2D eigenvalue weighted by molar-refractivity contribution is 6.29. The second kappa shape index (κ2) is 7.49. The number of aliphatic hydroxyl groups is 1. The first-order chi connectivity index (χ1) is 10.8. The first kappa shape index (κ1) is 20.4. The summed E-state index contributed by atoms with van der Waals surface area (Å²) >= 11 is 5.88. The van der Waals surface area contributed by atoms with Crippen LogP contribution in [-0.4, -0.2) is 27.6 Å². The van der Waals surface area contributed by atoms with Gasteiger partial charge in [-0.3, -0.25) is 9.59 Å². The highest BCUT2D eigenvalue weighted by Gasteiger charge is 2.26. The van der Waals surface area contributed by atoms with E-state index < -0.39 is 23.1 Å². The van der Waals surface area contributed by atoms with Crippen molar-refractivity contribution < 1.29 is 19.4 Å². The van der Waals surface area contributed by atoms with Crippen molar-refractivity contribution in [3.8, 4) is 0 Å². The van der Waals surface area contributed by atoms with Crippen LogP contribution in [0.15, 0.2) is 12.3 Å². The van der Waals surface area contributed by atoms with Crippen LogP contribution in [0.1, 0.15) is 59.6 Å². The number of aromatic nitrogens is 1. The Bertz CT molecular complexity index is 618. The fourth-order valence-electron chi connectivity index (χ4n) is 1.79. The highest BCUT2D eigenvalue weighted by atomic mass is 35.5. The van der Waals surface area contributed by atoms with Crippen LogP contribution in [0.5, 0.6) is 0 Å². The van der Waals surface area contributed by atoms with Crippen molar-refractivity contribution in [2.24, 2.45) is 5.41 Å². The summed E-state index contributed by atoms with van der Waals surface area (Å²) in [4.78, 5) is 28.0. The number of hydrogen-bond acceptors (Lipinski definition) is 5. The predicted molar refractivity (Wildman–Crippen MR) is 92.8 cm³/mol. The number of rotatable bonds is 4. The number of esters is 1. The summed E-state index contributed by atoms with van der Waals surface area (Å²) in [6, 6.07) is 1.43. The van der Waals surface area contributed by atoms with Crippen molar-refractivity contribution in [3.63, 3.8) is 0 Å². The van der Waals surface area contributed by atoms with E-state index in [1.165, 1.54) is 12.3 Å². The Hall–Kier alpha value is -1.66. The molecule has 7 heteroatoms. The van der Waals surface area contributed by atoms with Gasteiger partial charge >= 0.3 is 5.97 Å². The van der Waals surface area contributed by atoms with Crippen molar-refractivity contribution in [1.82, 2.24) is 4.98 Å². The first-order valence-corrected chi connectivity index (χ1v) is 8.04. The standard InChI is InChI=1S/C17H25ClN2O4/c1-16(2,3)15(23)20-11-9-19-13(18)7-10(11)12(21)8-14(22)24-17(4,5)6/h7,9,12,21H,8H2,1-6H3,(H,20,23). The monoisotopic (exact) mass is 356 g/mol. The lowest BCUT2D eigenvalue weighted by molar-refractivity contribution is -0.157. The van der Waals surface area contributed by atoms with E-state index in [0.717, 1.165) is 0 Å². The van der Waals surface area contributed by atoms with Crippen LogP contribution in [0.3, 0.4) is 0 Å². The molecule has 0 saturated carbocycles. The topological polar surface area (TPSA) is 88.5 Å².